The summed E-state index contributed by atoms with van der Waals surface area (Å²) in [4.78, 5) is 23.0. The van der Waals surface area contributed by atoms with Gasteiger partial charge in [-0.25, -0.2) is 4.79 Å². The van der Waals surface area contributed by atoms with Gasteiger partial charge in [0.15, 0.2) is 5.76 Å². The molecule has 0 aromatic rings. The molecule has 1 rings (SSSR count). The monoisotopic (exact) mass is 265 g/mol. The molecule has 0 aromatic carbocycles. The van der Waals surface area contributed by atoms with Crippen molar-refractivity contribution in [2.75, 3.05) is 14.2 Å². The maximum absolute atomic E-state index is 12.2. The molecular formula is C13H15NO5. The van der Waals surface area contributed by atoms with Crippen molar-refractivity contribution in [2.45, 2.75) is 13.8 Å². The third-order valence-electron chi connectivity index (χ3n) is 2.77. The summed E-state index contributed by atoms with van der Waals surface area (Å²) >= 11 is 0. The molecule has 0 aliphatic heterocycles. The lowest BCUT2D eigenvalue weighted by molar-refractivity contribution is -0.132. The zero-order chi connectivity index (χ0) is 14.7. The maximum atomic E-state index is 12.2. The van der Waals surface area contributed by atoms with Crippen LogP contribution in [0.3, 0.4) is 0 Å². The molecule has 0 amide bonds. The number of rotatable bonds is 4. The zero-order valence-electron chi connectivity index (χ0n) is 11.2. The number of Topliss-reactive ketones (excluding diaryl/α,β-unsaturated/α-hetero) is 1. The van der Waals surface area contributed by atoms with Crippen LogP contribution in [0.5, 0.6) is 0 Å². The second kappa shape index (κ2) is 5.51. The van der Waals surface area contributed by atoms with E-state index >= 15 is 0 Å². The van der Waals surface area contributed by atoms with Crippen molar-refractivity contribution >= 4 is 17.5 Å². The summed E-state index contributed by atoms with van der Waals surface area (Å²) < 4.78 is 9.94. The number of allylic oxidation sites excluding steroid dienone is 3. The van der Waals surface area contributed by atoms with Gasteiger partial charge in [0.1, 0.15) is 5.71 Å². The molecule has 19 heavy (non-hydrogen) atoms. The lowest BCUT2D eigenvalue weighted by atomic mass is 9.91. The third kappa shape index (κ3) is 2.57. The summed E-state index contributed by atoms with van der Waals surface area (Å²) in [6, 6.07) is 0. The van der Waals surface area contributed by atoms with E-state index < -0.39 is 11.8 Å². The van der Waals surface area contributed by atoms with E-state index in [-0.39, 0.29) is 28.4 Å². The number of aliphatic carboxylic acids is 1. The molecule has 0 atom stereocenters. The first-order chi connectivity index (χ1) is 8.84. The molecule has 2 N–H and O–H groups in total. The van der Waals surface area contributed by atoms with Crippen LogP contribution in [0, 0.1) is 5.41 Å². The number of carboxylic acids is 1. The summed E-state index contributed by atoms with van der Waals surface area (Å²) in [6.07, 6.45) is 1.24. The van der Waals surface area contributed by atoms with Crippen molar-refractivity contribution in [3.8, 4) is 0 Å². The van der Waals surface area contributed by atoms with Crippen molar-refractivity contribution in [3.05, 3.63) is 34.3 Å². The van der Waals surface area contributed by atoms with Crippen molar-refractivity contribution < 1.29 is 24.2 Å². The number of ether oxygens (including phenoxy) is 2. The van der Waals surface area contributed by atoms with Gasteiger partial charge in [-0.1, -0.05) is 0 Å². The fourth-order valence-electron chi connectivity index (χ4n) is 1.65. The van der Waals surface area contributed by atoms with Gasteiger partial charge in [-0.15, -0.1) is 0 Å². The highest BCUT2D eigenvalue weighted by atomic mass is 16.5. The van der Waals surface area contributed by atoms with E-state index in [0.717, 1.165) is 0 Å². The van der Waals surface area contributed by atoms with Gasteiger partial charge in [-0.3, -0.25) is 10.2 Å². The van der Waals surface area contributed by atoms with Crippen molar-refractivity contribution in [1.82, 2.24) is 0 Å². The van der Waals surface area contributed by atoms with Gasteiger partial charge in [0.2, 0.25) is 11.5 Å². The molecule has 0 saturated heterocycles. The smallest absolute Gasteiger partial charge is 0.331 e. The minimum Gasteiger partial charge on any atom is -0.491 e. The van der Waals surface area contributed by atoms with Crippen LogP contribution in [0.1, 0.15) is 13.8 Å². The molecular weight excluding hydrogens is 250 g/mol. The van der Waals surface area contributed by atoms with E-state index in [9.17, 15) is 9.59 Å². The van der Waals surface area contributed by atoms with Crippen LogP contribution in [0.15, 0.2) is 34.3 Å². The lowest BCUT2D eigenvalue weighted by Crippen LogP contribution is -2.24. The Bertz CT molecular complexity index is 551. The first-order valence-corrected chi connectivity index (χ1v) is 5.43. The molecule has 0 bridgehead atoms. The number of ketones is 1. The summed E-state index contributed by atoms with van der Waals surface area (Å²) in [7, 11) is 2.64. The minimum atomic E-state index is -1.12. The van der Waals surface area contributed by atoms with Crippen LogP contribution < -0.4 is 0 Å². The van der Waals surface area contributed by atoms with E-state index in [0.29, 0.717) is 5.57 Å². The van der Waals surface area contributed by atoms with Crippen LogP contribution >= 0.6 is 0 Å². The summed E-state index contributed by atoms with van der Waals surface area (Å²) in [6.45, 7) is 2.94. The van der Waals surface area contributed by atoms with E-state index in [1.165, 1.54) is 27.2 Å². The molecule has 102 valence electrons. The molecule has 0 heterocycles. The van der Waals surface area contributed by atoms with Gasteiger partial charge >= 0.3 is 5.97 Å². The zero-order valence-corrected chi connectivity index (χ0v) is 11.2. The van der Waals surface area contributed by atoms with Crippen molar-refractivity contribution in [2.24, 2.45) is 0 Å². The van der Waals surface area contributed by atoms with Gasteiger partial charge < -0.3 is 14.6 Å². The van der Waals surface area contributed by atoms with Crippen molar-refractivity contribution in [1.29, 1.82) is 5.41 Å². The van der Waals surface area contributed by atoms with Gasteiger partial charge in [0, 0.05) is 11.1 Å². The fourth-order valence-corrected chi connectivity index (χ4v) is 1.65. The molecule has 0 fully saturated rings. The number of carbonyl (C=O) groups is 2. The average molecular weight is 265 g/mol. The van der Waals surface area contributed by atoms with Crippen molar-refractivity contribution in [3.63, 3.8) is 0 Å². The quantitative estimate of drug-likeness (QED) is 0.592. The number of hydrogen-bond donors (Lipinski definition) is 2. The number of methoxy groups -OCH3 is 2. The highest BCUT2D eigenvalue weighted by molar-refractivity contribution is 6.25. The minimum absolute atomic E-state index is 0.00314. The summed E-state index contributed by atoms with van der Waals surface area (Å²) in [5, 5.41) is 16.8. The van der Waals surface area contributed by atoms with E-state index in [4.69, 9.17) is 20.0 Å². The van der Waals surface area contributed by atoms with E-state index in [2.05, 4.69) is 0 Å². The van der Waals surface area contributed by atoms with Gasteiger partial charge in [0.05, 0.1) is 14.2 Å². The molecule has 1 aliphatic carbocycles. The first kappa shape index (κ1) is 14.7. The molecule has 6 nitrogen and oxygen atoms in total. The topological polar surface area (TPSA) is 96.7 Å². The predicted octanol–water partition coefficient (Wildman–Crippen LogP) is 1.44. The summed E-state index contributed by atoms with van der Waals surface area (Å²) in [5.74, 6) is -1.66. The second-order valence-electron chi connectivity index (χ2n) is 3.94. The maximum Gasteiger partial charge on any atom is 0.331 e. The standard InChI is InChI=1S/C13H15NO5/c1-6(13(16)17)5-8-7(2)9(14)11(18-3)12(19-4)10(8)15/h5,14H,1-4H3,(H,16,17)/b6-5+,14-9?. The normalized spacial score (nSPS) is 16.9. The van der Waals surface area contributed by atoms with Gasteiger partial charge in [-0.2, -0.15) is 0 Å². The number of hydrogen-bond acceptors (Lipinski definition) is 5. The lowest BCUT2D eigenvalue weighted by Gasteiger charge is -2.20. The molecule has 6 heteroatoms. The Morgan fingerprint density at radius 1 is 1.26 bits per heavy atom. The van der Waals surface area contributed by atoms with Crippen LogP contribution in [0.4, 0.5) is 0 Å². The summed E-state index contributed by atoms with van der Waals surface area (Å²) in [5.41, 5.74) is 0.487. The number of carboxylic acid groups (broad SMARTS) is 1. The SMILES string of the molecule is COC1=C(OC)C(=O)C(/C=C(\C)C(=O)O)=C(C)C1=N. The van der Waals surface area contributed by atoms with Crippen LogP contribution in [-0.2, 0) is 19.1 Å². The predicted molar refractivity (Wildman–Crippen MR) is 67.9 cm³/mol. The molecule has 0 unspecified atom stereocenters. The average Bonchev–Trinajstić information content (AvgIpc) is 2.37. The fraction of sp³-hybridized carbons (Fsp3) is 0.308. The number of nitrogens with one attached hydrogen (secondary N) is 1. The second-order valence-corrected chi connectivity index (χ2v) is 3.94. The van der Waals surface area contributed by atoms with Crippen LogP contribution in [-0.4, -0.2) is 36.8 Å². The molecule has 0 saturated carbocycles. The molecule has 0 aromatic heterocycles. The molecule has 0 spiro atoms. The van der Waals surface area contributed by atoms with Crippen LogP contribution in [0.2, 0.25) is 0 Å². The molecule has 1 aliphatic rings. The first-order valence-electron chi connectivity index (χ1n) is 5.43. The van der Waals surface area contributed by atoms with E-state index in [1.807, 2.05) is 0 Å². The Morgan fingerprint density at radius 3 is 2.21 bits per heavy atom. The highest BCUT2D eigenvalue weighted by Crippen LogP contribution is 2.27. The highest BCUT2D eigenvalue weighted by Gasteiger charge is 2.31. The number of carbonyl (C=O) groups excluding carboxylic acids is 1. The third-order valence-corrected chi connectivity index (χ3v) is 2.77. The molecule has 0 radical (unpaired) electrons. The Labute approximate surface area is 110 Å². The largest absolute Gasteiger partial charge is 0.491 e. The Hall–Kier alpha value is -2.37. The Balaban J connectivity index is 3.40. The Kier molecular flexibility index (Phi) is 4.26. The Morgan fingerprint density at radius 2 is 1.79 bits per heavy atom. The van der Waals surface area contributed by atoms with Gasteiger partial charge in [-0.05, 0) is 25.5 Å². The van der Waals surface area contributed by atoms with Gasteiger partial charge in [0.25, 0.3) is 0 Å². The van der Waals surface area contributed by atoms with E-state index in [1.54, 1.807) is 6.92 Å². The van der Waals surface area contributed by atoms with Crippen LogP contribution in [0.25, 0.3) is 0 Å².